The molecule has 0 saturated carbocycles. The maximum Gasteiger partial charge on any atom is 0.262 e. The van der Waals surface area contributed by atoms with Crippen LogP contribution in [0.4, 0.5) is 17.1 Å². The molecule has 0 bridgehead atoms. The Morgan fingerprint density at radius 2 is 0.603 bits per heavy atom. The van der Waals surface area contributed by atoms with Crippen LogP contribution >= 0.6 is 0 Å². The molecule has 41 nitrogen and oxygen atoms in total. The number of nitrogens with one attached hydrogen (secondary N) is 6. The highest BCUT2D eigenvalue weighted by atomic mass is 16.5. The van der Waals surface area contributed by atoms with Gasteiger partial charge in [0.1, 0.15) is 47.2 Å². The maximum atomic E-state index is 12.3. The largest absolute Gasteiger partial charge is 0.504 e. The van der Waals surface area contributed by atoms with E-state index in [1.807, 2.05) is 0 Å². The Balaban J connectivity index is 0.000000189. The third-order valence-electron chi connectivity index (χ3n) is 19.1. The Hall–Kier alpha value is -19.4. The van der Waals surface area contributed by atoms with E-state index in [0.717, 1.165) is 22.8 Å². The Bertz CT molecular complexity index is 6610. The second kappa shape index (κ2) is 51.1. The van der Waals surface area contributed by atoms with E-state index in [2.05, 4.69) is 31.9 Å². The first-order valence-electron chi connectivity index (χ1n) is 41.7. The molecule has 31 N–H and O–H groups in total. The Morgan fingerprint density at radius 3 is 1.05 bits per heavy atom. The number of aromatic hydroxyl groups is 24. The molecule has 14 aromatic rings. The van der Waals surface area contributed by atoms with E-state index in [0.29, 0.717) is 71.6 Å². The normalized spacial score (nSPS) is 10.6. The maximum absolute atomic E-state index is 12.3. The lowest BCUT2D eigenvalue weighted by molar-refractivity contribution is -0.123. The third kappa shape index (κ3) is 34.2. The number of phenolic OH excluding ortho intramolecular Hbond substituents is 24. The van der Waals surface area contributed by atoms with Crippen LogP contribution in [-0.4, -0.2) is 196 Å². The lowest BCUT2D eigenvalue weighted by atomic mass is 10.1. The summed E-state index contributed by atoms with van der Waals surface area (Å²) in [6.07, 6.45) is 0.487. The van der Waals surface area contributed by atoms with Crippen molar-refractivity contribution in [2.24, 2.45) is 0 Å². The van der Waals surface area contributed by atoms with Gasteiger partial charge in [-0.2, -0.15) is 0 Å². The van der Waals surface area contributed by atoms with Gasteiger partial charge in [0.2, 0.25) is 5.91 Å². The molecular weight excluding hydrogens is 1850 g/mol. The second-order valence-corrected chi connectivity index (χ2v) is 29.9. The van der Waals surface area contributed by atoms with Crippen molar-refractivity contribution in [2.75, 3.05) is 48.9 Å². The Kier molecular flexibility index (Phi) is 38.2. The number of amides is 5. The van der Waals surface area contributed by atoms with Gasteiger partial charge in [-0.25, -0.2) is 0 Å². The topological polar surface area (TPSA) is 709 Å². The second-order valence-electron chi connectivity index (χ2n) is 29.9. The SMILES string of the molecule is O=C(CCc1ccc(O)c(O)c1)NCCc1ccc(O)c(O)c1.O=C(COc1ccc(O)c(O)c1)NCc1ccc(O)c(O)c1.O=C(COc1ccc(O)c(O)c1)Nc1ccc(O)c(O)c1.O=C(Nc1ccc(Oc2ccc(O)c(O)c2)cc1)c1ccc(O)c(O)c1.O=C(Nc1ccccc1Oc1ccc(O)c(O)c1)c1ccc(O)c(O)c1.Oc1ccc(CNCC(O)COc2ccc(O)c(O)c2)cc1O. The van der Waals surface area contributed by atoms with Gasteiger partial charge in [-0.15, -0.1) is 0 Å². The molecule has 0 spiro atoms. The Morgan fingerprint density at radius 1 is 0.262 bits per heavy atom. The van der Waals surface area contributed by atoms with Crippen LogP contribution in [0.15, 0.2) is 267 Å². The number of phenols is 24. The standard InChI is InChI=1S/2C19H15NO6.C17H19NO5.C16H19NO6.C15H15NO6.C14H13NO6/c21-15-7-1-11(9-17(15)23)19(25)20-12-2-4-13(5-3-12)26-14-6-8-16(22)18(24)10-14;21-14-7-5-11(9-16(14)23)19(25)20-13-3-1-2-4-18(13)26-12-6-8-15(22)17(24)10-12;19-13-4-1-11(9-15(13)21)3-6-17(23)18-8-7-12-2-5-14(20)16(22)10-12;18-11(9-23-12-2-4-14(20)16(22)6-12)8-17-7-10-1-3-13(19)15(21)5-10;17-11-3-1-9(5-13(11)19)7-16-15(21)8-22-10-2-4-12(18)14(20)6-10;16-10-3-1-8(5-12(10)18)15-14(20)7-21-9-2-4-11(17)13(19)6-9/h2*1-10,21-24H,(H,20,25);1-2,4-5,9-10,19-22H,3,6-8H2,(H,18,23);1-6,11,17-22H,7-9H2;1-6,17-20H,7-8H2,(H,16,21);1-6,16-19H,7H2,(H,15,20). The number of para-hydroxylation sites is 2. The summed E-state index contributed by atoms with van der Waals surface area (Å²) in [6.45, 7) is 0.662. The minimum atomic E-state index is -0.781. The van der Waals surface area contributed by atoms with E-state index in [4.69, 9.17) is 39.0 Å². The number of hydrogen-bond acceptors (Lipinski definition) is 36. The summed E-state index contributed by atoms with van der Waals surface area (Å²) in [6, 6.07) is 62.0. The number of aryl methyl sites for hydroxylation is 1. The number of ether oxygens (including phenoxy) is 5. The quantitative estimate of drug-likeness (QED) is 0.0147. The van der Waals surface area contributed by atoms with Crippen LogP contribution in [0.2, 0.25) is 0 Å². The van der Waals surface area contributed by atoms with Crippen LogP contribution in [-0.2, 0) is 40.3 Å². The van der Waals surface area contributed by atoms with Gasteiger partial charge >= 0.3 is 0 Å². The summed E-state index contributed by atoms with van der Waals surface area (Å²) < 4.78 is 26.8. The fourth-order valence-corrected chi connectivity index (χ4v) is 11.6. The number of aliphatic hydroxyl groups excluding tert-OH is 1. The van der Waals surface area contributed by atoms with Crippen LogP contribution in [0, 0.1) is 0 Å². The Labute approximate surface area is 800 Å². The molecule has 0 saturated heterocycles. The molecule has 141 heavy (non-hydrogen) atoms. The van der Waals surface area contributed by atoms with E-state index < -0.39 is 35.5 Å². The van der Waals surface area contributed by atoms with E-state index >= 15 is 0 Å². The molecule has 0 aromatic heterocycles. The first-order valence-corrected chi connectivity index (χ1v) is 41.7. The molecule has 14 aromatic carbocycles. The van der Waals surface area contributed by atoms with Gasteiger partial charge in [0, 0.05) is 91.5 Å². The van der Waals surface area contributed by atoms with Gasteiger partial charge in [-0.1, -0.05) is 36.4 Å². The summed E-state index contributed by atoms with van der Waals surface area (Å²) in [5.41, 5.74) is 4.46. The zero-order chi connectivity index (χ0) is 103. The molecule has 1 unspecified atom stereocenters. The third-order valence-corrected chi connectivity index (χ3v) is 19.1. The molecule has 0 fully saturated rings. The number of rotatable bonds is 30. The number of carbonyl (C=O) groups is 5. The predicted molar refractivity (Wildman–Crippen MR) is 506 cm³/mol. The van der Waals surface area contributed by atoms with Crippen molar-refractivity contribution < 1.29 is 175 Å². The molecule has 5 amide bonds. The highest BCUT2D eigenvalue weighted by molar-refractivity contribution is 6.06. The molecule has 14 rings (SSSR count). The average molecular weight is 1940 g/mol. The first kappa shape index (κ1) is 105. The zero-order valence-corrected chi connectivity index (χ0v) is 73.8. The van der Waals surface area contributed by atoms with Crippen molar-refractivity contribution in [1.29, 1.82) is 0 Å². The van der Waals surface area contributed by atoms with Crippen LogP contribution in [0.1, 0.15) is 49.4 Å². The molecule has 0 radical (unpaired) electrons. The molecule has 736 valence electrons. The van der Waals surface area contributed by atoms with Crippen molar-refractivity contribution >= 4 is 46.6 Å². The van der Waals surface area contributed by atoms with E-state index in [-0.39, 0.29) is 206 Å². The monoisotopic (exact) mass is 1940 g/mol. The summed E-state index contributed by atoms with van der Waals surface area (Å²) in [4.78, 5) is 59.5. The average Bonchev–Trinajstić information content (AvgIpc) is 0.824. The van der Waals surface area contributed by atoms with Crippen LogP contribution in [0.25, 0.3) is 0 Å². The minimum Gasteiger partial charge on any atom is -0.504 e. The van der Waals surface area contributed by atoms with Crippen molar-refractivity contribution in [3.8, 4) is 178 Å². The van der Waals surface area contributed by atoms with E-state index in [1.54, 1.807) is 72.8 Å². The van der Waals surface area contributed by atoms with Crippen LogP contribution in [0.5, 0.6) is 178 Å². The molecule has 0 aliphatic heterocycles. The number of hydrogen-bond donors (Lipinski definition) is 31. The lowest BCUT2D eigenvalue weighted by Gasteiger charge is -2.14. The van der Waals surface area contributed by atoms with E-state index in [9.17, 15) is 136 Å². The van der Waals surface area contributed by atoms with Gasteiger partial charge in [-0.3, -0.25) is 24.0 Å². The van der Waals surface area contributed by atoms with Crippen LogP contribution in [0.3, 0.4) is 0 Å². The van der Waals surface area contributed by atoms with Crippen molar-refractivity contribution in [3.63, 3.8) is 0 Å². The number of anilines is 3. The molecule has 0 aliphatic carbocycles. The highest BCUT2D eigenvalue weighted by Crippen LogP contribution is 2.40. The molecule has 0 heterocycles. The molecule has 0 aliphatic rings. The summed E-state index contributed by atoms with van der Waals surface area (Å²) in [5.74, 6) is -6.33. The zero-order valence-electron chi connectivity index (χ0n) is 73.8. The molecule has 41 heteroatoms. The fraction of sp³-hybridized carbons (Fsp3) is 0.110. The first-order chi connectivity index (χ1) is 67.2. The van der Waals surface area contributed by atoms with Gasteiger partial charge in [0.25, 0.3) is 23.6 Å². The van der Waals surface area contributed by atoms with Gasteiger partial charge in [0.05, 0.1) is 5.69 Å². The minimum absolute atomic E-state index is 0.0119. The molecular formula is C100H96N6O35. The van der Waals surface area contributed by atoms with Gasteiger partial charge < -0.3 is 183 Å². The van der Waals surface area contributed by atoms with Crippen molar-refractivity contribution in [1.82, 2.24) is 16.0 Å². The molecule has 1 atom stereocenters. The highest BCUT2D eigenvalue weighted by Gasteiger charge is 2.19. The fourth-order valence-electron chi connectivity index (χ4n) is 11.6. The summed E-state index contributed by atoms with van der Waals surface area (Å²) >= 11 is 0. The van der Waals surface area contributed by atoms with Gasteiger partial charge in [0.15, 0.2) is 157 Å². The smallest absolute Gasteiger partial charge is 0.262 e. The number of aliphatic hydroxyl groups is 1. The predicted octanol–water partition coefficient (Wildman–Crippen LogP) is 12.7. The number of carbonyl (C=O) groups excluding carboxylic acids is 5. The summed E-state index contributed by atoms with van der Waals surface area (Å²) in [7, 11) is 0. The number of benzene rings is 14. The van der Waals surface area contributed by atoms with Crippen molar-refractivity contribution in [3.05, 3.63) is 300 Å². The van der Waals surface area contributed by atoms with Crippen LogP contribution < -0.4 is 55.6 Å². The van der Waals surface area contributed by atoms with Gasteiger partial charge in [-0.05, 0) is 229 Å². The van der Waals surface area contributed by atoms with E-state index in [1.165, 1.54) is 188 Å². The van der Waals surface area contributed by atoms with Crippen molar-refractivity contribution in [2.45, 2.75) is 38.5 Å². The lowest BCUT2D eigenvalue weighted by Crippen LogP contribution is -2.31. The summed E-state index contributed by atoms with van der Waals surface area (Å²) in [5, 5.41) is 249.